The maximum atomic E-state index is 13.3. The Labute approximate surface area is 204 Å². The van der Waals surface area contributed by atoms with Gasteiger partial charge in [-0.05, 0) is 63.0 Å². The van der Waals surface area contributed by atoms with Gasteiger partial charge in [-0.25, -0.2) is 0 Å². The maximum absolute atomic E-state index is 13.3. The summed E-state index contributed by atoms with van der Waals surface area (Å²) in [5.74, 6) is -0.0333. The van der Waals surface area contributed by atoms with Gasteiger partial charge in [0.25, 0.3) is 5.91 Å². The number of nitrogens with zero attached hydrogens (tertiary/aromatic N) is 2. The van der Waals surface area contributed by atoms with Crippen molar-refractivity contribution < 1.29 is 9.59 Å². The molecule has 3 heterocycles. The fourth-order valence-corrected chi connectivity index (χ4v) is 5.72. The molecule has 0 radical (unpaired) electrons. The van der Waals surface area contributed by atoms with Gasteiger partial charge in [-0.15, -0.1) is 0 Å². The summed E-state index contributed by atoms with van der Waals surface area (Å²) in [5, 5.41) is 11.9. The highest BCUT2D eigenvalue weighted by Crippen LogP contribution is 2.38. The smallest absolute Gasteiger partial charge is 0.256 e. The Kier molecular flexibility index (Phi) is 5.66. The number of hydrogen-bond acceptors (Lipinski definition) is 4. The molecule has 6 heteroatoms. The van der Waals surface area contributed by atoms with Gasteiger partial charge in [0.1, 0.15) is 0 Å². The Hall–Kier alpha value is -3.77. The highest BCUT2D eigenvalue weighted by Gasteiger charge is 2.33. The third kappa shape index (κ3) is 4.15. The second-order valence-electron chi connectivity index (χ2n) is 9.62. The number of amides is 1. The lowest BCUT2D eigenvalue weighted by Crippen LogP contribution is -2.37. The molecule has 2 unspecified atom stereocenters. The van der Waals surface area contributed by atoms with Crippen molar-refractivity contribution in [3.8, 4) is 0 Å². The van der Waals surface area contributed by atoms with Crippen molar-refractivity contribution in [2.75, 3.05) is 18.4 Å². The molecule has 2 fully saturated rings. The van der Waals surface area contributed by atoms with E-state index < -0.39 is 0 Å². The average Bonchev–Trinajstić information content (AvgIpc) is 3.55. The molecule has 6 rings (SSSR count). The third-order valence-electron chi connectivity index (χ3n) is 7.51. The number of fused-ring (bicyclic) bond motifs is 2. The van der Waals surface area contributed by atoms with Crippen LogP contribution < -0.4 is 5.32 Å². The topological polar surface area (TPSA) is 78.1 Å². The van der Waals surface area contributed by atoms with Gasteiger partial charge in [-0.3, -0.25) is 14.7 Å². The van der Waals surface area contributed by atoms with E-state index in [9.17, 15) is 9.59 Å². The molecule has 0 aliphatic carbocycles. The summed E-state index contributed by atoms with van der Waals surface area (Å²) in [5.41, 5.74) is 4.09. The van der Waals surface area contributed by atoms with Gasteiger partial charge >= 0.3 is 0 Å². The summed E-state index contributed by atoms with van der Waals surface area (Å²) < 4.78 is 0. The molecule has 2 atom stereocenters. The van der Waals surface area contributed by atoms with Crippen LogP contribution in [-0.4, -0.2) is 45.9 Å². The summed E-state index contributed by atoms with van der Waals surface area (Å²) >= 11 is 0. The first-order valence-corrected chi connectivity index (χ1v) is 12.4. The largest absolute Gasteiger partial charge is 0.322 e. The molecule has 2 aliphatic rings. The number of piperidine rings is 1. The maximum Gasteiger partial charge on any atom is 0.256 e. The van der Waals surface area contributed by atoms with Crippen LogP contribution in [0.2, 0.25) is 0 Å². The van der Waals surface area contributed by atoms with Crippen LogP contribution in [0.3, 0.4) is 0 Å². The molecular weight excluding hydrogens is 436 g/mol. The number of hydrogen-bond donors (Lipinski definition) is 2. The van der Waals surface area contributed by atoms with Crippen LogP contribution >= 0.6 is 0 Å². The van der Waals surface area contributed by atoms with Gasteiger partial charge in [-0.1, -0.05) is 48.5 Å². The highest BCUT2D eigenvalue weighted by atomic mass is 16.2. The fraction of sp³-hybridized carbons (Fsp3) is 0.276. The lowest BCUT2D eigenvalue weighted by molar-refractivity contribution is 0.0996. The Balaban J connectivity index is 1.26. The third-order valence-corrected chi connectivity index (χ3v) is 7.51. The van der Waals surface area contributed by atoms with Crippen molar-refractivity contribution in [3.63, 3.8) is 0 Å². The van der Waals surface area contributed by atoms with Crippen molar-refractivity contribution in [2.45, 2.75) is 37.6 Å². The first-order valence-electron chi connectivity index (χ1n) is 12.4. The molecule has 2 saturated heterocycles. The Morgan fingerprint density at radius 3 is 2.57 bits per heavy atom. The van der Waals surface area contributed by atoms with Crippen molar-refractivity contribution >= 4 is 28.3 Å². The first-order chi connectivity index (χ1) is 17.2. The first kappa shape index (κ1) is 21.7. The van der Waals surface area contributed by atoms with Gasteiger partial charge < -0.3 is 10.2 Å². The van der Waals surface area contributed by atoms with Crippen LogP contribution in [-0.2, 0) is 0 Å². The molecule has 0 spiro atoms. The minimum absolute atomic E-state index is 0.165. The monoisotopic (exact) mass is 464 g/mol. The molecule has 4 aromatic rings. The summed E-state index contributed by atoms with van der Waals surface area (Å²) in [4.78, 5) is 28.9. The van der Waals surface area contributed by atoms with E-state index in [1.807, 2.05) is 36.4 Å². The predicted molar refractivity (Wildman–Crippen MR) is 137 cm³/mol. The second-order valence-corrected chi connectivity index (χ2v) is 9.62. The lowest BCUT2D eigenvalue weighted by atomic mass is 9.87. The number of rotatable bonds is 5. The van der Waals surface area contributed by atoms with E-state index in [1.54, 1.807) is 36.4 Å². The number of aromatic nitrogens is 2. The average molecular weight is 465 g/mol. The fourth-order valence-electron chi connectivity index (χ4n) is 5.72. The number of anilines is 1. The van der Waals surface area contributed by atoms with E-state index in [1.165, 1.54) is 19.4 Å². The Bertz CT molecular complexity index is 1390. The molecule has 2 N–H and O–H groups in total. The number of carbonyl (C=O) groups excluding carboxylic acids is 2. The zero-order chi connectivity index (χ0) is 23.8. The second kappa shape index (κ2) is 9.12. The van der Waals surface area contributed by atoms with Gasteiger partial charge in [0, 0.05) is 34.2 Å². The SMILES string of the molecule is O=C(Nc1ccc2[nH]nc(C3CCN4CCCC4C3)c2c1)c1ccccc1C(=O)c1ccccc1. The molecule has 0 saturated carbocycles. The summed E-state index contributed by atoms with van der Waals surface area (Å²) in [7, 11) is 0. The minimum atomic E-state index is -0.298. The number of benzene rings is 3. The molecule has 0 bridgehead atoms. The van der Waals surface area contributed by atoms with Crippen LogP contribution in [0.1, 0.15) is 63.6 Å². The Morgan fingerprint density at radius 1 is 0.914 bits per heavy atom. The zero-order valence-corrected chi connectivity index (χ0v) is 19.5. The van der Waals surface area contributed by atoms with E-state index in [4.69, 9.17) is 0 Å². The molecule has 35 heavy (non-hydrogen) atoms. The lowest BCUT2D eigenvalue weighted by Gasteiger charge is -2.34. The summed E-state index contributed by atoms with van der Waals surface area (Å²) in [6.45, 7) is 2.36. The van der Waals surface area contributed by atoms with Crippen LogP contribution in [0.25, 0.3) is 10.9 Å². The van der Waals surface area contributed by atoms with Crippen molar-refractivity contribution in [2.24, 2.45) is 0 Å². The van der Waals surface area contributed by atoms with Gasteiger partial charge in [0.2, 0.25) is 0 Å². The van der Waals surface area contributed by atoms with E-state index in [2.05, 4.69) is 20.4 Å². The summed E-state index contributed by atoms with van der Waals surface area (Å²) in [6, 6.07) is 22.5. The highest BCUT2D eigenvalue weighted by molar-refractivity contribution is 6.17. The van der Waals surface area contributed by atoms with Crippen LogP contribution in [0.5, 0.6) is 0 Å². The molecule has 1 aromatic heterocycles. The Morgan fingerprint density at radius 2 is 1.71 bits per heavy atom. The number of nitrogens with one attached hydrogen (secondary N) is 2. The number of aromatic amines is 1. The van der Waals surface area contributed by atoms with Gasteiger partial charge in [0.05, 0.1) is 16.8 Å². The van der Waals surface area contributed by atoms with E-state index in [-0.39, 0.29) is 11.7 Å². The van der Waals surface area contributed by atoms with E-state index >= 15 is 0 Å². The molecule has 1 amide bonds. The zero-order valence-electron chi connectivity index (χ0n) is 19.5. The molecule has 3 aromatic carbocycles. The van der Waals surface area contributed by atoms with Crippen molar-refractivity contribution in [1.82, 2.24) is 15.1 Å². The van der Waals surface area contributed by atoms with Crippen LogP contribution in [0.4, 0.5) is 5.69 Å². The number of H-pyrrole nitrogens is 1. The molecular formula is C29H28N4O2. The predicted octanol–water partition coefficient (Wildman–Crippen LogP) is 5.39. The van der Waals surface area contributed by atoms with Gasteiger partial charge in [0.15, 0.2) is 5.78 Å². The standard InChI is InChI=1S/C29H28N4O2/c34-28(19-7-2-1-3-8-19)23-10-4-5-11-24(23)29(35)30-21-12-13-26-25(18-21)27(32-31-26)20-14-16-33-15-6-9-22(33)17-20/h1-5,7-8,10-13,18,20,22H,6,9,14-17H2,(H,30,35)(H,31,32). The van der Waals surface area contributed by atoms with Crippen molar-refractivity contribution in [1.29, 1.82) is 0 Å². The molecule has 176 valence electrons. The van der Waals surface area contributed by atoms with E-state index in [0.717, 1.165) is 36.0 Å². The quantitative estimate of drug-likeness (QED) is 0.388. The molecule has 2 aliphatic heterocycles. The molecule has 6 nitrogen and oxygen atoms in total. The van der Waals surface area contributed by atoms with Crippen LogP contribution in [0, 0.1) is 0 Å². The number of carbonyl (C=O) groups is 2. The minimum Gasteiger partial charge on any atom is -0.322 e. The normalized spacial score (nSPS) is 20.0. The van der Waals surface area contributed by atoms with Crippen molar-refractivity contribution in [3.05, 3.63) is 95.2 Å². The van der Waals surface area contributed by atoms with Gasteiger partial charge in [-0.2, -0.15) is 5.10 Å². The summed E-state index contributed by atoms with van der Waals surface area (Å²) in [6.07, 6.45) is 4.83. The number of ketones is 1. The van der Waals surface area contributed by atoms with Crippen LogP contribution in [0.15, 0.2) is 72.8 Å². The van der Waals surface area contributed by atoms with E-state index in [0.29, 0.717) is 34.3 Å².